The predicted molar refractivity (Wildman–Crippen MR) is 170 cm³/mol. The second kappa shape index (κ2) is 10.9. The Labute approximate surface area is 269 Å². The average Bonchev–Trinajstić information content (AvgIpc) is 3.21. The Bertz CT molecular complexity index is 1710. The number of benzene rings is 3. The fraction of sp³-hybridized carbons (Fsp3) is 0.200. The van der Waals surface area contributed by atoms with Crippen molar-refractivity contribution in [1.29, 1.82) is 0 Å². The summed E-state index contributed by atoms with van der Waals surface area (Å²) in [5.74, 6) is -0.434. The molecule has 0 saturated carbocycles. The first-order valence-electron chi connectivity index (χ1n) is 12.9. The molecule has 1 aliphatic carbocycles. The van der Waals surface area contributed by atoms with E-state index in [0.29, 0.717) is 49.8 Å². The van der Waals surface area contributed by atoms with Gasteiger partial charge in [0.05, 0.1) is 14.4 Å². The third-order valence-corrected chi connectivity index (χ3v) is 10.2. The molecule has 0 bridgehead atoms. The molecule has 8 nitrogen and oxygen atoms in total. The molecule has 2 heterocycles. The lowest BCUT2D eigenvalue weighted by atomic mass is 9.56. The van der Waals surface area contributed by atoms with Crippen molar-refractivity contribution < 1.29 is 19.2 Å². The minimum atomic E-state index is -1.31. The third kappa shape index (κ3) is 4.86. The highest BCUT2D eigenvalue weighted by Crippen LogP contribution is 2.61. The van der Waals surface area contributed by atoms with Crippen LogP contribution >= 0.6 is 57.4 Å². The van der Waals surface area contributed by atoms with Crippen molar-refractivity contribution in [1.82, 2.24) is 5.32 Å². The first kappa shape index (κ1) is 29.0. The van der Waals surface area contributed by atoms with Gasteiger partial charge in [0.25, 0.3) is 5.69 Å². The standard InChI is InChI=1S/C30H21Cl3IN3O5/c31-16-4-10-24(42-20-7-5-19(6-8-20)37(40)41)21(12-16)27-30(22-9-3-17(32)13-23(22)35-28(30)39)25(14-26(38)36-27)29(34)11-1-2-18(33)15-29/h1-13,25,27H,14-15H2,(H,35,39)(H,36,38)/t25-,27-,29-,30-/m0/s1. The largest absolute Gasteiger partial charge is 0.457 e. The topological polar surface area (TPSA) is 111 Å². The summed E-state index contributed by atoms with van der Waals surface area (Å²) in [6.45, 7) is 0. The molecule has 0 unspecified atom stereocenters. The Morgan fingerprint density at radius 3 is 2.43 bits per heavy atom. The van der Waals surface area contributed by atoms with E-state index in [0.717, 1.165) is 0 Å². The highest BCUT2D eigenvalue weighted by Gasteiger charge is 2.65. The Morgan fingerprint density at radius 2 is 1.71 bits per heavy atom. The van der Waals surface area contributed by atoms with Crippen LogP contribution in [-0.4, -0.2) is 20.2 Å². The Balaban J connectivity index is 1.56. The van der Waals surface area contributed by atoms with Gasteiger partial charge < -0.3 is 15.4 Å². The molecule has 1 saturated heterocycles. The number of nitro benzene ring substituents is 1. The number of piperidine rings is 1. The Hall–Kier alpha value is -3.12. The smallest absolute Gasteiger partial charge is 0.269 e. The molecule has 42 heavy (non-hydrogen) atoms. The zero-order chi connectivity index (χ0) is 29.8. The number of amides is 2. The number of ether oxygens (including phenoxy) is 1. The second-order valence-corrected chi connectivity index (χ2v) is 13.7. The van der Waals surface area contributed by atoms with E-state index in [1.54, 1.807) is 36.4 Å². The van der Waals surface area contributed by atoms with Crippen LogP contribution in [0.2, 0.25) is 10.0 Å². The number of alkyl halides is 1. The number of nitrogens with zero attached hydrogens (tertiary/aromatic N) is 1. The molecule has 1 spiro atoms. The lowest BCUT2D eigenvalue weighted by Crippen LogP contribution is -2.62. The normalized spacial score (nSPS) is 26.3. The van der Waals surface area contributed by atoms with Crippen LogP contribution in [0.5, 0.6) is 11.5 Å². The maximum absolute atomic E-state index is 14.4. The Kier molecular flexibility index (Phi) is 7.49. The third-order valence-electron chi connectivity index (χ3n) is 7.98. The van der Waals surface area contributed by atoms with Crippen LogP contribution in [0, 0.1) is 16.0 Å². The SMILES string of the molecule is O=C1C[C@@H]([C@]2(I)C=CC=C(Cl)C2)[C@]2(C(=O)Nc3cc(Cl)ccc32)[C@H](c2cc(Cl)ccc2Oc2ccc([N+](=O)[O-])cc2)N1. The summed E-state index contributed by atoms with van der Waals surface area (Å²) in [5.41, 5.74) is 0.312. The molecule has 1 fully saturated rings. The van der Waals surface area contributed by atoms with Gasteiger partial charge >= 0.3 is 0 Å². The molecule has 3 aromatic rings. The molecule has 214 valence electrons. The van der Waals surface area contributed by atoms with E-state index in [2.05, 4.69) is 33.2 Å². The molecule has 3 aromatic carbocycles. The molecule has 2 N–H and O–H groups in total. The van der Waals surface area contributed by atoms with Crippen LogP contribution in [-0.2, 0) is 15.0 Å². The first-order valence-corrected chi connectivity index (χ1v) is 15.1. The summed E-state index contributed by atoms with van der Waals surface area (Å²) < 4.78 is 5.53. The number of carbonyl (C=O) groups excluding carboxylic acids is 2. The van der Waals surface area contributed by atoms with Crippen LogP contribution in [0.3, 0.4) is 0 Å². The highest BCUT2D eigenvalue weighted by atomic mass is 127. The van der Waals surface area contributed by atoms with E-state index < -0.39 is 25.7 Å². The van der Waals surface area contributed by atoms with E-state index in [4.69, 9.17) is 39.5 Å². The molecule has 0 aromatic heterocycles. The van der Waals surface area contributed by atoms with Crippen molar-refractivity contribution in [3.05, 3.63) is 115 Å². The van der Waals surface area contributed by atoms with Gasteiger partial charge in [-0.2, -0.15) is 0 Å². The zero-order valence-electron chi connectivity index (χ0n) is 21.6. The summed E-state index contributed by atoms with van der Waals surface area (Å²) in [5, 5.41) is 18.7. The monoisotopic (exact) mass is 735 g/mol. The molecule has 4 atom stereocenters. The van der Waals surface area contributed by atoms with Crippen molar-refractivity contribution in [2.75, 3.05) is 5.32 Å². The van der Waals surface area contributed by atoms with E-state index in [1.807, 2.05) is 18.2 Å². The van der Waals surface area contributed by atoms with Gasteiger partial charge in [0.1, 0.15) is 16.9 Å². The zero-order valence-corrected chi connectivity index (χ0v) is 26.0. The molecule has 12 heteroatoms. The Morgan fingerprint density at radius 1 is 1.00 bits per heavy atom. The fourth-order valence-corrected chi connectivity index (χ4v) is 8.44. The minimum Gasteiger partial charge on any atom is -0.457 e. The van der Waals surface area contributed by atoms with E-state index >= 15 is 0 Å². The molecule has 3 aliphatic rings. The fourth-order valence-electron chi connectivity index (χ4n) is 6.24. The summed E-state index contributed by atoms with van der Waals surface area (Å²) in [4.78, 5) is 38.6. The van der Waals surface area contributed by atoms with Crippen LogP contribution in [0.25, 0.3) is 0 Å². The highest BCUT2D eigenvalue weighted by molar-refractivity contribution is 14.1. The number of anilines is 1. The second-order valence-electron chi connectivity index (χ2n) is 10.4. The number of hydrogen-bond donors (Lipinski definition) is 2. The number of nitrogens with one attached hydrogen (secondary N) is 2. The summed E-state index contributed by atoms with van der Waals surface area (Å²) >= 11 is 21.7. The number of allylic oxidation sites excluding steroid dienone is 4. The predicted octanol–water partition coefficient (Wildman–Crippen LogP) is 8.02. The van der Waals surface area contributed by atoms with E-state index in [1.165, 1.54) is 24.3 Å². The molecule has 2 amide bonds. The molecule has 2 aliphatic heterocycles. The van der Waals surface area contributed by atoms with Crippen molar-refractivity contribution in [2.45, 2.75) is 27.7 Å². The molecular formula is C30H21Cl3IN3O5. The summed E-state index contributed by atoms with van der Waals surface area (Å²) in [6.07, 6.45) is 6.14. The summed E-state index contributed by atoms with van der Waals surface area (Å²) in [6, 6.07) is 14.9. The van der Waals surface area contributed by atoms with E-state index in [-0.39, 0.29) is 23.9 Å². The van der Waals surface area contributed by atoms with Crippen molar-refractivity contribution >= 4 is 80.6 Å². The van der Waals surface area contributed by atoms with E-state index in [9.17, 15) is 19.7 Å². The van der Waals surface area contributed by atoms with Crippen molar-refractivity contribution in [2.24, 2.45) is 5.92 Å². The number of rotatable bonds is 5. The van der Waals surface area contributed by atoms with Gasteiger partial charge in [-0.1, -0.05) is 75.6 Å². The summed E-state index contributed by atoms with van der Waals surface area (Å²) in [7, 11) is 0. The maximum atomic E-state index is 14.4. The molecular weight excluding hydrogens is 716 g/mol. The van der Waals surface area contributed by atoms with Gasteiger partial charge in [-0.05, 0) is 54.1 Å². The average molecular weight is 737 g/mol. The van der Waals surface area contributed by atoms with Gasteiger partial charge in [-0.15, -0.1) is 0 Å². The van der Waals surface area contributed by atoms with Crippen LogP contribution in [0.15, 0.2) is 83.9 Å². The molecule has 6 rings (SSSR count). The van der Waals surface area contributed by atoms with Gasteiger partial charge in [0, 0.05) is 57.2 Å². The van der Waals surface area contributed by atoms with Crippen LogP contribution in [0.4, 0.5) is 11.4 Å². The number of halogens is 4. The van der Waals surface area contributed by atoms with Crippen molar-refractivity contribution in [3.8, 4) is 11.5 Å². The lowest BCUT2D eigenvalue weighted by molar-refractivity contribution is -0.384. The number of hydrogen-bond acceptors (Lipinski definition) is 5. The first-order chi connectivity index (χ1) is 20.0. The van der Waals surface area contributed by atoms with Gasteiger partial charge in [0.2, 0.25) is 11.8 Å². The van der Waals surface area contributed by atoms with Crippen LogP contribution in [0.1, 0.15) is 30.0 Å². The lowest BCUT2D eigenvalue weighted by Gasteiger charge is -2.52. The van der Waals surface area contributed by atoms with Crippen molar-refractivity contribution in [3.63, 3.8) is 0 Å². The van der Waals surface area contributed by atoms with Gasteiger partial charge in [0.15, 0.2) is 0 Å². The number of nitro groups is 1. The number of carbonyl (C=O) groups is 2. The maximum Gasteiger partial charge on any atom is 0.269 e. The van der Waals surface area contributed by atoms with Gasteiger partial charge in [-0.25, -0.2) is 0 Å². The minimum absolute atomic E-state index is 0.0581. The molecule has 0 radical (unpaired) electrons. The number of non-ortho nitro benzene ring substituents is 1. The number of fused-ring (bicyclic) bond motifs is 2. The van der Waals surface area contributed by atoms with Gasteiger partial charge in [-0.3, -0.25) is 19.7 Å². The van der Waals surface area contributed by atoms with Crippen LogP contribution < -0.4 is 15.4 Å². The quantitative estimate of drug-likeness (QED) is 0.119.